The molecule has 1 radical (unpaired) electrons. The third kappa shape index (κ3) is 5.39. The van der Waals surface area contributed by atoms with E-state index in [1.54, 1.807) is 0 Å². The lowest BCUT2D eigenvalue weighted by Crippen LogP contribution is -2.16. The highest BCUT2D eigenvalue weighted by Gasteiger charge is 2.07. The van der Waals surface area contributed by atoms with E-state index in [4.69, 9.17) is 0 Å². The fourth-order valence-electron chi connectivity index (χ4n) is 0.540. The van der Waals surface area contributed by atoms with Crippen molar-refractivity contribution < 1.29 is 19.1 Å². The number of hydrogen-bond acceptors (Lipinski definition) is 4. The Balaban J connectivity index is 3.48. The molecule has 1 atom stereocenters. The van der Waals surface area contributed by atoms with Crippen molar-refractivity contribution in [2.45, 2.75) is 33.0 Å². The molecule has 0 bridgehead atoms. The molecule has 0 saturated carbocycles. The Morgan fingerprint density at radius 1 is 1.64 bits per heavy atom. The molecule has 1 unspecified atom stereocenters. The first-order valence-corrected chi connectivity index (χ1v) is 3.43. The largest absolute Gasteiger partial charge is 0.425 e. The SMILES string of the molecule is CCCC(=O)OC(C)O[C]=O. The molecule has 4 heteroatoms. The number of hydrogen-bond donors (Lipinski definition) is 0. The van der Waals surface area contributed by atoms with E-state index in [0.717, 1.165) is 6.42 Å². The third-order valence-corrected chi connectivity index (χ3v) is 0.966. The summed E-state index contributed by atoms with van der Waals surface area (Å²) in [5.41, 5.74) is 0. The van der Waals surface area contributed by atoms with Gasteiger partial charge in [0.1, 0.15) is 0 Å². The molecular formula is C7H11O4. The highest BCUT2D eigenvalue weighted by atomic mass is 16.7. The Bertz CT molecular complexity index is 132. The summed E-state index contributed by atoms with van der Waals surface area (Å²) < 4.78 is 8.82. The lowest BCUT2D eigenvalue weighted by Gasteiger charge is -2.08. The molecule has 11 heavy (non-hydrogen) atoms. The molecule has 0 aliphatic carbocycles. The van der Waals surface area contributed by atoms with Crippen molar-refractivity contribution in [1.82, 2.24) is 0 Å². The minimum absolute atomic E-state index is 0.340. The van der Waals surface area contributed by atoms with Crippen LogP contribution in [0.1, 0.15) is 26.7 Å². The van der Waals surface area contributed by atoms with E-state index in [1.807, 2.05) is 6.92 Å². The highest BCUT2D eigenvalue weighted by Crippen LogP contribution is 1.96. The van der Waals surface area contributed by atoms with Crippen LogP contribution in [0, 0.1) is 0 Å². The number of rotatable bonds is 5. The number of ether oxygens (including phenoxy) is 2. The van der Waals surface area contributed by atoms with Crippen molar-refractivity contribution in [3.8, 4) is 0 Å². The van der Waals surface area contributed by atoms with Gasteiger partial charge in [0, 0.05) is 13.3 Å². The highest BCUT2D eigenvalue weighted by molar-refractivity contribution is 5.69. The molecule has 0 saturated heterocycles. The maximum atomic E-state index is 10.7. The quantitative estimate of drug-likeness (QED) is 0.439. The Morgan fingerprint density at radius 3 is 2.73 bits per heavy atom. The monoisotopic (exact) mass is 159 g/mol. The van der Waals surface area contributed by atoms with Gasteiger partial charge >= 0.3 is 12.4 Å². The van der Waals surface area contributed by atoms with E-state index in [0.29, 0.717) is 6.42 Å². The van der Waals surface area contributed by atoms with Gasteiger partial charge in [-0.2, -0.15) is 0 Å². The van der Waals surface area contributed by atoms with Crippen LogP contribution in [0.25, 0.3) is 0 Å². The van der Waals surface area contributed by atoms with Gasteiger partial charge < -0.3 is 9.47 Å². The summed E-state index contributed by atoms with van der Waals surface area (Å²) in [6.07, 6.45) is 0.231. The molecule has 4 nitrogen and oxygen atoms in total. The summed E-state index contributed by atoms with van der Waals surface area (Å²) in [7, 11) is 0. The lowest BCUT2D eigenvalue weighted by atomic mass is 10.3. The van der Waals surface area contributed by atoms with Crippen LogP contribution in [-0.2, 0) is 19.1 Å². The molecule has 0 heterocycles. The van der Waals surface area contributed by atoms with E-state index in [9.17, 15) is 9.59 Å². The van der Waals surface area contributed by atoms with Crippen LogP contribution in [0.15, 0.2) is 0 Å². The molecular weight excluding hydrogens is 148 g/mol. The van der Waals surface area contributed by atoms with Gasteiger partial charge in [-0.05, 0) is 6.42 Å². The van der Waals surface area contributed by atoms with Gasteiger partial charge in [-0.1, -0.05) is 6.92 Å². The second-order valence-corrected chi connectivity index (χ2v) is 2.01. The molecule has 0 aliphatic rings. The first-order chi connectivity index (χ1) is 5.20. The zero-order chi connectivity index (χ0) is 8.69. The van der Waals surface area contributed by atoms with Crippen molar-refractivity contribution in [2.24, 2.45) is 0 Å². The maximum Gasteiger partial charge on any atom is 0.420 e. The number of esters is 1. The van der Waals surface area contributed by atoms with Gasteiger partial charge in [0.25, 0.3) is 0 Å². The Labute approximate surface area is 65.5 Å². The van der Waals surface area contributed by atoms with Gasteiger partial charge in [0.2, 0.25) is 6.29 Å². The van der Waals surface area contributed by atoms with Crippen molar-refractivity contribution in [1.29, 1.82) is 0 Å². The van der Waals surface area contributed by atoms with Crippen LogP contribution in [0.2, 0.25) is 0 Å². The van der Waals surface area contributed by atoms with Crippen molar-refractivity contribution >= 4 is 12.4 Å². The van der Waals surface area contributed by atoms with Crippen molar-refractivity contribution in [3.63, 3.8) is 0 Å². The van der Waals surface area contributed by atoms with E-state index in [2.05, 4.69) is 9.47 Å². The van der Waals surface area contributed by atoms with Crippen LogP contribution in [0.5, 0.6) is 0 Å². The fourth-order valence-corrected chi connectivity index (χ4v) is 0.540. The van der Waals surface area contributed by atoms with Crippen molar-refractivity contribution in [2.75, 3.05) is 0 Å². The smallest absolute Gasteiger partial charge is 0.420 e. The van der Waals surface area contributed by atoms with Crippen LogP contribution in [0.3, 0.4) is 0 Å². The van der Waals surface area contributed by atoms with E-state index in [-0.39, 0.29) is 5.97 Å². The summed E-state index contributed by atoms with van der Waals surface area (Å²) in [5.74, 6) is -0.366. The molecule has 0 rings (SSSR count). The van der Waals surface area contributed by atoms with Crippen LogP contribution < -0.4 is 0 Å². The average Bonchev–Trinajstić information content (AvgIpc) is 1.87. The summed E-state index contributed by atoms with van der Waals surface area (Å²) in [6.45, 7) is 4.50. The minimum atomic E-state index is -0.827. The number of carbonyl (C=O) groups is 1. The Hall–Kier alpha value is -1.06. The average molecular weight is 159 g/mol. The summed E-state index contributed by atoms with van der Waals surface area (Å²) >= 11 is 0. The molecule has 0 aromatic carbocycles. The predicted octanol–water partition coefficient (Wildman–Crippen LogP) is 0.759. The minimum Gasteiger partial charge on any atom is -0.425 e. The maximum absolute atomic E-state index is 10.7. The first kappa shape index (κ1) is 9.94. The van der Waals surface area contributed by atoms with Gasteiger partial charge in [0.05, 0.1) is 0 Å². The van der Waals surface area contributed by atoms with Gasteiger partial charge in [-0.15, -0.1) is 0 Å². The van der Waals surface area contributed by atoms with E-state index in [1.165, 1.54) is 13.4 Å². The Morgan fingerprint density at radius 2 is 2.27 bits per heavy atom. The van der Waals surface area contributed by atoms with E-state index >= 15 is 0 Å². The van der Waals surface area contributed by atoms with Gasteiger partial charge in [0.15, 0.2) is 0 Å². The van der Waals surface area contributed by atoms with Gasteiger partial charge in [-0.25, -0.2) is 4.79 Å². The Kier molecular flexibility index (Phi) is 5.15. The molecule has 0 fully saturated rings. The topological polar surface area (TPSA) is 52.6 Å². The molecule has 0 N–H and O–H groups in total. The summed E-state index contributed by atoms with van der Waals surface area (Å²) in [5, 5.41) is 0. The van der Waals surface area contributed by atoms with Crippen LogP contribution in [0.4, 0.5) is 0 Å². The summed E-state index contributed by atoms with van der Waals surface area (Å²) in [4.78, 5) is 20.3. The fraction of sp³-hybridized carbons (Fsp3) is 0.714. The molecule has 0 spiro atoms. The second kappa shape index (κ2) is 5.70. The zero-order valence-electron chi connectivity index (χ0n) is 6.62. The van der Waals surface area contributed by atoms with Crippen molar-refractivity contribution in [3.05, 3.63) is 0 Å². The standard InChI is InChI=1S/C7H11O4/c1-3-4-7(9)11-6(2)10-5-8/h6H,3-4H2,1-2H3. The molecule has 0 aromatic rings. The zero-order valence-corrected chi connectivity index (χ0v) is 6.62. The normalized spacial score (nSPS) is 11.8. The summed E-state index contributed by atoms with van der Waals surface area (Å²) in [6, 6.07) is 0. The van der Waals surface area contributed by atoms with Gasteiger partial charge in [-0.3, -0.25) is 4.79 Å². The molecule has 0 aromatic heterocycles. The van der Waals surface area contributed by atoms with Crippen LogP contribution >= 0.6 is 0 Å². The first-order valence-electron chi connectivity index (χ1n) is 3.43. The second-order valence-electron chi connectivity index (χ2n) is 2.01. The van der Waals surface area contributed by atoms with Crippen LogP contribution in [-0.4, -0.2) is 18.7 Å². The lowest BCUT2D eigenvalue weighted by molar-refractivity contribution is -0.162. The predicted molar refractivity (Wildman–Crippen MR) is 37.2 cm³/mol. The molecule has 0 aliphatic heterocycles. The molecule has 0 amide bonds. The number of carbonyl (C=O) groups excluding carboxylic acids is 2. The molecule has 63 valence electrons. The van der Waals surface area contributed by atoms with E-state index < -0.39 is 6.29 Å². The third-order valence-electron chi connectivity index (χ3n) is 0.966.